The topological polar surface area (TPSA) is 72.7 Å². The summed E-state index contributed by atoms with van der Waals surface area (Å²) >= 11 is 1.41. The average Bonchev–Trinajstić information content (AvgIpc) is 2.85. The highest BCUT2D eigenvalue weighted by Crippen LogP contribution is 2.24. The Morgan fingerprint density at radius 2 is 2.19 bits per heavy atom. The quantitative estimate of drug-likeness (QED) is 0.815. The molecule has 21 heavy (non-hydrogen) atoms. The van der Waals surface area contributed by atoms with E-state index in [2.05, 4.69) is 41.6 Å². The van der Waals surface area contributed by atoms with Crippen molar-refractivity contribution >= 4 is 17.7 Å². The summed E-state index contributed by atoms with van der Waals surface area (Å²) in [5.41, 5.74) is 0. The third kappa shape index (κ3) is 4.98. The maximum atomic E-state index is 12.1. The van der Waals surface area contributed by atoms with Gasteiger partial charge in [0.25, 0.3) is 0 Å². The second-order valence-corrected chi connectivity index (χ2v) is 7.20. The Morgan fingerprint density at radius 1 is 1.43 bits per heavy atom. The highest BCUT2D eigenvalue weighted by atomic mass is 32.2. The van der Waals surface area contributed by atoms with E-state index in [1.54, 1.807) is 4.68 Å². The van der Waals surface area contributed by atoms with Gasteiger partial charge in [-0.1, -0.05) is 45.4 Å². The van der Waals surface area contributed by atoms with E-state index in [-0.39, 0.29) is 5.91 Å². The molecule has 2 atom stereocenters. The molecule has 0 aliphatic heterocycles. The molecule has 0 spiro atoms. The molecule has 0 aromatic carbocycles. The van der Waals surface area contributed by atoms with Crippen molar-refractivity contribution in [3.05, 3.63) is 0 Å². The van der Waals surface area contributed by atoms with Crippen LogP contribution in [0.4, 0.5) is 0 Å². The summed E-state index contributed by atoms with van der Waals surface area (Å²) in [5, 5.41) is 15.5. The molecule has 7 heteroatoms. The van der Waals surface area contributed by atoms with Gasteiger partial charge in [-0.05, 0) is 35.1 Å². The van der Waals surface area contributed by atoms with Crippen LogP contribution in [0.2, 0.25) is 0 Å². The Bertz CT molecular complexity index is 462. The fraction of sp³-hybridized carbons (Fsp3) is 0.857. The molecule has 1 aliphatic carbocycles. The number of carbonyl (C=O) groups is 1. The lowest BCUT2D eigenvalue weighted by atomic mass is 9.86. The first-order valence-electron chi connectivity index (χ1n) is 7.74. The molecule has 0 radical (unpaired) electrons. The van der Waals surface area contributed by atoms with E-state index < -0.39 is 0 Å². The smallest absolute Gasteiger partial charge is 0.230 e. The molecule has 1 saturated carbocycles. The Hall–Kier alpha value is -1.11. The highest BCUT2D eigenvalue weighted by molar-refractivity contribution is 7.99. The van der Waals surface area contributed by atoms with Crippen molar-refractivity contribution in [2.24, 2.45) is 11.8 Å². The Balaban J connectivity index is 1.80. The van der Waals surface area contributed by atoms with E-state index in [9.17, 15) is 4.79 Å². The third-order valence-electron chi connectivity index (χ3n) is 3.83. The van der Waals surface area contributed by atoms with Crippen molar-refractivity contribution in [1.82, 2.24) is 25.5 Å². The van der Waals surface area contributed by atoms with Gasteiger partial charge in [0.15, 0.2) is 0 Å². The predicted molar refractivity (Wildman–Crippen MR) is 82.9 cm³/mol. The zero-order valence-corrected chi connectivity index (χ0v) is 13.9. The van der Waals surface area contributed by atoms with Crippen molar-refractivity contribution in [3.63, 3.8) is 0 Å². The van der Waals surface area contributed by atoms with Crippen LogP contribution in [-0.4, -0.2) is 37.9 Å². The minimum absolute atomic E-state index is 0.0813. The highest BCUT2D eigenvalue weighted by Gasteiger charge is 2.23. The Morgan fingerprint density at radius 3 is 2.90 bits per heavy atom. The number of tetrazole rings is 1. The van der Waals surface area contributed by atoms with Crippen LogP contribution in [0, 0.1) is 11.8 Å². The fourth-order valence-corrected chi connectivity index (χ4v) is 3.37. The summed E-state index contributed by atoms with van der Waals surface area (Å²) in [5.74, 6) is 1.52. The molecule has 1 amide bonds. The van der Waals surface area contributed by atoms with Crippen LogP contribution < -0.4 is 5.32 Å². The number of hydrogen-bond acceptors (Lipinski definition) is 5. The molecule has 0 unspecified atom stereocenters. The van der Waals surface area contributed by atoms with Crippen molar-refractivity contribution < 1.29 is 4.79 Å². The first-order valence-corrected chi connectivity index (χ1v) is 8.73. The first-order chi connectivity index (χ1) is 10.1. The van der Waals surface area contributed by atoms with Crippen LogP contribution in [0.3, 0.4) is 0 Å². The van der Waals surface area contributed by atoms with Crippen molar-refractivity contribution in [1.29, 1.82) is 0 Å². The van der Waals surface area contributed by atoms with Gasteiger partial charge in [-0.3, -0.25) is 4.79 Å². The lowest BCUT2D eigenvalue weighted by molar-refractivity contribution is -0.119. The van der Waals surface area contributed by atoms with E-state index in [0.717, 1.165) is 18.1 Å². The Labute approximate surface area is 130 Å². The normalized spacial score (nSPS) is 22.5. The summed E-state index contributed by atoms with van der Waals surface area (Å²) in [4.78, 5) is 12.1. The number of nitrogens with one attached hydrogen (secondary N) is 1. The molecule has 1 fully saturated rings. The first kappa shape index (κ1) is 16.3. The second-order valence-electron chi connectivity index (χ2n) is 6.26. The lowest BCUT2D eigenvalue weighted by Gasteiger charge is -2.29. The van der Waals surface area contributed by atoms with Gasteiger partial charge in [-0.2, -0.15) is 0 Å². The monoisotopic (exact) mass is 311 g/mol. The molecule has 1 heterocycles. The standard InChI is InChI=1S/C14H25N5OS/c1-10(2)8-19-14(16-17-18-19)21-9-13(20)15-12-7-5-4-6-11(12)3/h10-12H,4-9H2,1-3H3,(H,15,20)/t11-,12-/m0/s1. The van der Waals surface area contributed by atoms with Gasteiger partial charge in [-0.25, -0.2) is 4.68 Å². The molecule has 0 saturated heterocycles. The molecule has 1 aromatic heterocycles. The largest absolute Gasteiger partial charge is 0.352 e. The maximum absolute atomic E-state index is 12.1. The summed E-state index contributed by atoms with van der Waals surface area (Å²) in [6.45, 7) is 7.23. The van der Waals surface area contributed by atoms with E-state index in [1.807, 2.05) is 0 Å². The van der Waals surface area contributed by atoms with Gasteiger partial charge in [0.2, 0.25) is 11.1 Å². The van der Waals surface area contributed by atoms with Gasteiger partial charge in [-0.15, -0.1) is 5.10 Å². The second kappa shape index (κ2) is 7.77. The van der Waals surface area contributed by atoms with Gasteiger partial charge < -0.3 is 5.32 Å². The van der Waals surface area contributed by atoms with Crippen LogP contribution in [0.5, 0.6) is 0 Å². The van der Waals surface area contributed by atoms with Crippen LogP contribution in [0.1, 0.15) is 46.5 Å². The van der Waals surface area contributed by atoms with E-state index >= 15 is 0 Å². The molecule has 1 aliphatic rings. The molecule has 1 aromatic rings. The molecule has 1 N–H and O–H groups in total. The summed E-state index contributed by atoms with van der Waals surface area (Å²) in [6, 6.07) is 0.332. The summed E-state index contributed by atoms with van der Waals surface area (Å²) in [7, 11) is 0. The van der Waals surface area contributed by atoms with Crippen molar-refractivity contribution in [3.8, 4) is 0 Å². The molecule has 0 bridgehead atoms. The third-order valence-corrected chi connectivity index (χ3v) is 4.78. The maximum Gasteiger partial charge on any atom is 0.230 e. The van der Waals surface area contributed by atoms with Crippen LogP contribution in [-0.2, 0) is 11.3 Å². The van der Waals surface area contributed by atoms with Crippen LogP contribution in [0.25, 0.3) is 0 Å². The fourth-order valence-electron chi connectivity index (χ4n) is 2.67. The number of aromatic nitrogens is 4. The minimum atomic E-state index is 0.0813. The van der Waals surface area contributed by atoms with Gasteiger partial charge in [0.1, 0.15) is 0 Å². The minimum Gasteiger partial charge on any atom is -0.352 e. The molecule has 2 rings (SSSR count). The molecule has 6 nitrogen and oxygen atoms in total. The predicted octanol–water partition coefficient (Wildman–Crippen LogP) is 2.12. The number of rotatable bonds is 6. The summed E-state index contributed by atoms with van der Waals surface area (Å²) < 4.78 is 1.77. The number of thioether (sulfide) groups is 1. The van der Waals surface area contributed by atoms with Crippen LogP contribution >= 0.6 is 11.8 Å². The number of amides is 1. The van der Waals surface area contributed by atoms with Crippen LogP contribution in [0.15, 0.2) is 5.16 Å². The summed E-state index contributed by atoms with van der Waals surface area (Å²) in [6.07, 6.45) is 4.81. The van der Waals surface area contributed by atoms with Gasteiger partial charge >= 0.3 is 0 Å². The SMILES string of the molecule is CC(C)Cn1nnnc1SCC(=O)N[C@H]1CCCC[C@@H]1C. The zero-order chi connectivity index (χ0) is 15.2. The lowest BCUT2D eigenvalue weighted by Crippen LogP contribution is -2.41. The van der Waals surface area contributed by atoms with Gasteiger partial charge in [0.05, 0.1) is 5.75 Å². The molecular weight excluding hydrogens is 286 g/mol. The number of carbonyl (C=O) groups excluding carboxylic acids is 1. The Kier molecular flexibility index (Phi) is 6.02. The number of hydrogen-bond donors (Lipinski definition) is 1. The van der Waals surface area contributed by atoms with Gasteiger partial charge in [0, 0.05) is 12.6 Å². The molecule has 118 valence electrons. The van der Waals surface area contributed by atoms with Crippen molar-refractivity contribution in [2.75, 3.05) is 5.75 Å². The zero-order valence-electron chi connectivity index (χ0n) is 13.1. The molecular formula is C14H25N5OS. The number of nitrogens with zero attached hydrogens (tertiary/aromatic N) is 4. The van der Waals surface area contributed by atoms with Crippen molar-refractivity contribution in [2.45, 2.75) is 64.2 Å². The van der Waals surface area contributed by atoms with E-state index in [1.165, 1.54) is 31.0 Å². The van der Waals surface area contributed by atoms with E-state index in [4.69, 9.17) is 0 Å². The average molecular weight is 311 g/mol. The van der Waals surface area contributed by atoms with E-state index in [0.29, 0.717) is 23.6 Å².